The molecule has 1 amide bonds. The molecule has 0 bridgehead atoms. The molecule has 0 unspecified atom stereocenters. The Morgan fingerprint density at radius 3 is 2.13 bits per heavy atom. The molecule has 2 aliphatic rings. The number of amides is 1. The zero-order valence-electron chi connectivity index (χ0n) is 21.9. The molecule has 2 N–H and O–H groups in total. The van der Waals surface area contributed by atoms with Gasteiger partial charge in [-0.15, -0.1) is 0 Å². The molecule has 2 aliphatic heterocycles. The van der Waals surface area contributed by atoms with Crippen molar-refractivity contribution in [1.29, 1.82) is 0 Å². The van der Waals surface area contributed by atoms with Gasteiger partial charge >= 0.3 is 0 Å². The third-order valence-electron chi connectivity index (χ3n) is 7.91. The maximum atomic E-state index is 12.8. The van der Waals surface area contributed by atoms with Crippen molar-refractivity contribution in [2.75, 3.05) is 31.5 Å². The van der Waals surface area contributed by atoms with Gasteiger partial charge in [0.2, 0.25) is 10.0 Å². The Bertz CT molecular complexity index is 1290. The molecule has 0 aromatic heterocycles. The topological polar surface area (TPSA) is 70.9 Å². The smallest absolute Gasteiger partial charge is 0.255 e. The van der Waals surface area contributed by atoms with Gasteiger partial charge < -0.3 is 10.2 Å². The average molecular weight is 533 g/mol. The van der Waals surface area contributed by atoms with Crippen LogP contribution < -0.4 is 10.2 Å². The van der Waals surface area contributed by atoms with E-state index in [2.05, 4.69) is 35.6 Å². The van der Waals surface area contributed by atoms with Crippen molar-refractivity contribution in [2.24, 2.45) is 5.92 Å². The lowest BCUT2D eigenvalue weighted by Crippen LogP contribution is -3.11. The number of likely N-dealkylation sites (tertiary alicyclic amines) is 1. The van der Waals surface area contributed by atoms with Crippen LogP contribution in [0.5, 0.6) is 0 Å². The van der Waals surface area contributed by atoms with Gasteiger partial charge in [-0.25, -0.2) is 8.42 Å². The van der Waals surface area contributed by atoms with Crippen LogP contribution in [0.1, 0.15) is 53.6 Å². The molecule has 0 radical (unpaired) electrons. The fourth-order valence-electron chi connectivity index (χ4n) is 5.64. The highest BCUT2D eigenvalue weighted by Crippen LogP contribution is 2.22. The number of benzene rings is 3. The van der Waals surface area contributed by atoms with Crippen LogP contribution in [0.3, 0.4) is 0 Å². The SMILES string of the molecule is O=C(Nc1ccc(S(=O)(=O)N2CCCCC2)cc1)c1ccc(C[NH+]2CCC(Cc3ccccc3)CC2)cc1. The van der Waals surface area contributed by atoms with E-state index in [9.17, 15) is 13.2 Å². The number of quaternary nitrogens is 1. The third kappa shape index (κ3) is 6.70. The zero-order valence-corrected chi connectivity index (χ0v) is 22.8. The first kappa shape index (κ1) is 26.6. The highest BCUT2D eigenvalue weighted by Gasteiger charge is 2.26. The molecule has 0 atom stereocenters. The number of nitrogens with zero attached hydrogens (tertiary/aromatic N) is 1. The standard InChI is InChI=1S/C31H37N3O3S/c35-31(32-29-13-15-30(16-14-29)38(36,37)34-19-5-2-6-20-34)28-11-9-27(10-12-28)24-33-21-17-26(18-22-33)23-25-7-3-1-4-8-25/h1,3-4,7-16,26H,2,5-6,17-24H2,(H,32,35)/p+1. The number of anilines is 1. The van der Waals surface area contributed by atoms with Gasteiger partial charge in [0, 0.05) is 29.9 Å². The summed E-state index contributed by atoms with van der Waals surface area (Å²) in [6, 6.07) is 25.1. The van der Waals surface area contributed by atoms with Crippen molar-refractivity contribution in [3.63, 3.8) is 0 Å². The van der Waals surface area contributed by atoms with E-state index in [0.29, 0.717) is 24.3 Å². The first-order chi connectivity index (χ1) is 18.5. The Morgan fingerprint density at radius 2 is 1.47 bits per heavy atom. The average Bonchev–Trinajstić information content (AvgIpc) is 2.96. The number of carbonyl (C=O) groups is 1. The summed E-state index contributed by atoms with van der Waals surface area (Å²) in [5.74, 6) is 0.573. The number of nitrogens with one attached hydrogen (secondary N) is 2. The lowest BCUT2D eigenvalue weighted by molar-refractivity contribution is -0.919. The zero-order chi connectivity index (χ0) is 26.4. The monoisotopic (exact) mass is 532 g/mol. The summed E-state index contributed by atoms with van der Waals surface area (Å²) in [6.45, 7) is 4.50. The summed E-state index contributed by atoms with van der Waals surface area (Å²) in [4.78, 5) is 14.7. The minimum atomic E-state index is -3.48. The third-order valence-corrected chi connectivity index (χ3v) is 9.83. The van der Waals surface area contributed by atoms with Crippen molar-refractivity contribution in [1.82, 2.24) is 4.31 Å². The van der Waals surface area contributed by atoms with Gasteiger partial charge in [0.15, 0.2) is 0 Å². The Hall–Kier alpha value is -3.00. The van der Waals surface area contributed by atoms with Crippen molar-refractivity contribution in [3.05, 3.63) is 95.6 Å². The van der Waals surface area contributed by atoms with Crippen LogP contribution in [0, 0.1) is 5.92 Å². The second kappa shape index (κ2) is 12.2. The van der Waals surface area contributed by atoms with Gasteiger partial charge in [-0.1, -0.05) is 48.9 Å². The summed E-state index contributed by atoms with van der Waals surface area (Å²) in [5, 5.41) is 2.89. The minimum Gasteiger partial charge on any atom is -0.331 e. The van der Waals surface area contributed by atoms with Gasteiger partial charge in [-0.3, -0.25) is 4.79 Å². The fraction of sp³-hybridized carbons (Fsp3) is 0.387. The van der Waals surface area contributed by atoms with Crippen molar-refractivity contribution >= 4 is 21.6 Å². The first-order valence-corrected chi connectivity index (χ1v) is 15.3. The molecule has 3 aromatic rings. The maximum Gasteiger partial charge on any atom is 0.255 e. The predicted molar refractivity (Wildman–Crippen MR) is 151 cm³/mol. The summed E-state index contributed by atoms with van der Waals surface area (Å²) in [7, 11) is -3.48. The summed E-state index contributed by atoms with van der Waals surface area (Å²) < 4.78 is 27.2. The van der Waals surface area contributed by atoms with Crippen LogP contribution in [-0.2, 0) is 23.0 Å². The number of piperidine rings is 2. The molecule has 0 aliphatic carbocycles. The molecule has 0 spiro atoms. The quantitative estimate of drug-likeness (QED) is 0.458. The fourth-order valence-corrected chi connectivity index (χ4v) is 7.16. The second-order valence-corrected chi connectivity index (χ2v) is 12.6. The van der Waals surface area contributed by atoms with Gasteiger partial charge in [-0.05, 0) is 80.0 Å². The molecule has 2 fully saturated rings. The Balaban J connectivity index is 1.10. The molecule has 7 heteroatoms. The summed E-state index contributed by atoms with van der Waals surface area (Å²) >= 11 is 0. The Kier molecular flexibility index (Phi) is 8.57. The highest BCUT2D eigenvalue weighted by molar-refractivity contribution is 7.89. The predicted octanol–water partition coefficient (Wildman–Crippen LogP) is 4.15. The molecule has 38 heavy (non-hydrogen) atoms. The lowest BCUT2D eigenvalue weighted by atomic mass is 9.90. The Labute approximate surface area is 226 Å². The van der Waals surface area contributed by atoms with Gasteiger partial charge in [0.05, 0.1) is 18.0 Å². The first-order valence-electron chi connectivity index (χ1n) is 13.9. The Morgan fingerprint density at radius 1 is 0.816 bits per heavy atom. The van der Waals surface area contributed by atoms with Gasteiger partial charge in [0.1, 0.15) is 6.54 Å². The van der Waals surface area contributed by atoms with Gasteiger partial charge in [-0.2, -0.15) is 4.31 Å². The molecule has 6 nitrogen and oxygen atoms in total. The maximum absolute atomic E-state index is 12.8. The molecular formula is C31H38N3O3S+. The molecule has 2 heterocycles. The number of sulfonamides is 1. The highest BCUT2D eigenvalue weighted by atomic mass is 32.2. The second-order valence-electron chi connectivity index (χ2n) is 10.7. The van der Waals surface area contributed by atoms with Crippen molar-refractivity contribution in [3.8, 4) is 0 Å². The van der Waals surface area contributed by atoms with Crippen LogP contribution in [0.2, 0.25) is 0 Å². The molecule has 2 saturated heterocycles. The van der Waals surface area contributed by atoms with E-state index in [1.165, 1.54) is 43.5 Å². The van der Waals surface area contributed by atoms with Gasteiger partial charge in [0.25, 0.3) is 5.91 Å². The largest absolute Gasteiger partial charge is 0.331 e. The lowest BCUT2D eigenvalue weighted by Gasteiger charge is -2.29. The van der Waals surface area contributed by atoms with E-state index in [-0.39, 0.29) is 10.8 Å². The normalized spacial score (nSPS) is 20.6. The summed E-state index contributed by atoms with van der Waals surface area (Å²) in [5.41, 5.74) is 3.85. The van der Waals surface area contributed by atoms with Crippen LogP contribution in [-0.4, -0.2) is 44.8 Å². The molecule has 5 rings (SSSR count). The molecule has 0 saturated carbocycles. The van der Waals surface area contributed by atoms with E-state index < -0.39 is 10.0 Å². The van der Waals surface area contributed by atoms with Crippen LogP contribution in [0.4, 0.5) is 5.69 Å². The number of rotatable bonds is 8. The van der Waals surface area contributed by atoms with E-state index in [4.69, 9.17) is 0 Å². The van der Waals surface area contributed by atoms with Crippen LogP contribution >= 0.6 is 0 Å². The minimum absolute atomic E-state index is 0.197. The van der Waals surface area contributed by atoms with E-state index in [1.807, 2.05) is 24.3 Å². The molecule has 200 valence electrons. The van der Waals surface area contributed by atoms with Crippen molar-refractivity contribution in [2.45, 2.75) is 50.0 Å². The van der Waals surface area contributed by atoms with Crippen molar-refractivity contribution < 1.29 is 18.1 Å². The summed E-state index contributed by atoms with van der Waals surface area (Å²) in [6.07, 6.45) is 6.56. The molecule has 3 aromatic carbocycles. The van der Waals surface area contributed by atoms with Crippen LogP contribution in [0.25, 0.3) is 0 Å². The van der Waals surface area contributed by atoms with E-state index >= 15 is 0 Å². The number of carbonyl (C=O) groups excluding carboxylic acids is 1. The number of hydrogen-bond donors (Lipinski definition) is 2. The molecular weight excluding hydrogens is 494 g/mol. The van der Waals surface area contributed by atoms with E-state index in [1.54, 1.807) is 33.5 Å². The number of hydrogen-bond acceptors (Lipinski definition) is 3. The van der Waals surface area contributed by atoms with E-state index in [0.717, 1.165) is 31.7 Å². The van der Waals surface area contributed by atoms with Crippen LogP contribution in [0.15, 0.2) is 83.8 Å².